The molecule has 0 radical (unpaired) electrons. The molecule has 1 fully saturated rings. The van der Waals surface area contributed by atoms with Gasteiger partial charge >= 0.3 is 0 Å². The predicted molar refractivity (Wildman–Crippen MR) is 68.9 cm³/mol. The van der Waals surface area contributed by atoms with E-state index in [0.29, 0.717) is 6.54 Å². The number of nitrogens with one attached hydrogen (secondary N) is 2. The van der Waals surface area contributed by atoms with E-state index in [9.17, 15) is 9.90 Å². The van der Waals surface area contributed by atoms with Crippen molar-refractivity contribution >= 4 is 17.7 Å². The van der Waals surface area contributed by atoms with Gasteiger partial charge in [0.1, 0.15) is 5.75 Å². The molecule has 1 aliphatic heterocycles. The summed E-state index contributed by atoms with van der Waals surface area (Å²) < 4.78 is 0. The van der Waals surface area contributed by atoms with Gasteiger partial charge in [-0.2, -0.15) is 0 Å². The number of amides is 1. The lowest BCUT2D eigenvalue weighted by Gasteiger charge is -2.11. The predicted octanol–water partition coefficient (Wildman–Crippen LogP) is 0.979. The number of benzene rings is 1. The number of carbonyl (C=O) groups is 1. The molecule has 1 atom stereocenters. The topological polar surface area (TPSA) is 61.4 Å². The highest BCUT2D eigenvalue weighted by Crippen LogP contribution is 2.18. The van der Waals surface area contributed by atoms with Crippen molar-refractivity contribution in [2.24, 2.45) is 0 Å². The van der Waals surface area contributed by atoms with Gasteiger partial charge in [0.15, 0.2) is 0 Å². The summed E-state index contributed by atoms with van der Waals surface area (Å²) in [6, 6.07) is 5.35. The molecule has 1 amide bonds. The monoisotopic (exact) mass is 252 g/mol. The summed E-state index contributed by atoms with van der Waals surface area (Å²) >= 11 is 1.72. The minimum Gasteiger partial charge on any atom is -0.508 e. The number of aryl methyl sites for hydroxylation is 1. The van der Waals surface area contributed by atoms with Crippen LogP contribution in [0.4, 0.5) is 0 Å². The number of hydrogen-bond donors (Lipinski definition) is 3. The molecule has 92 valence electrons. The molecule has 3 N–H and O–H groups in total. The van der Waals surface area contributed by atoms with Crippen LogP contribution in [0.1, 0.15) is 11.1 Å². The van der Waals surface area contributed by atoms with Gasteiger partial charge in [-0.3, -0.25) is 10.1 Å². The van der Waals surface area contributed by atoms with E-state index in [1.165, 1.54) is 0 Å². The van der Waals surface area contributed by atoms with E-state index in [4.69, 9.17) is 0 Å². The maximum Gasteiger partial charge on any atom is 0.238 e. The molecule has 2 rings (SSSR count). The first kappa shape index (κ1) is 12.3. The van der Waals surface area contributed by atoms with Crippen LogP contribution >= 0.6 is 11.8 Å². The first-order valence-corrected chi connectivity index (χ1v) is 6.69. The number of phenols is 1. The molecule has 0 bridgehead atoms. The van der Waals surface area contributed by atoms with Crippen LogP contribution in [0.5, 0.6) is 5.75 Å². The molecule has 0 saturated carbocycles. The average molecular weight is 252 g/mol. The highest BCUT2D eigenvalue weighted by Gasteiger charge is 2.22. The highest BCUT2D eigenvalue weighted by molar-refractivity contribution is 7.99. The number of phenolic OH excluding ortho intramolecular Hbond substituents is 1. The van der Waals surface area contributed by atoms with E-state index in [2.05, 4.69) is 10.6 Å². The van der Waals surface area contributed by atoms with Crippen LogP contribution in [-0.4, -0.2) is 28.7 Å². The van der Waals surface area contributed by atoms with Gasteiger partial charge in [0, 0.05) is 23.7 Å². The molecule has 1 aliphatic rings. The zero-order valence-electron chi connectivity index (χ0n) is 9.69. The zero-order valence-corrected chi connectivity index (χ0v) is 10.5. The third-order valence-electron chi connectivity index (χ3n) is 2.73. The summed E-state index contributed by atoms with van der Waals surface area (Å²) in [5, 5.41) is 15.6. The van der Waals surface area contributed by atoms with Crippen LogP contribution in [0.3, 0.4) is 0 Å². The normalized spacial score (nSPS) is 19.2. The van der Waals surface area contributed by atoms with Crippen molar-refractivity contribution in [1.29, 1.82) is 0 Å². The number of hydrogen-bond acceptors (Lipinski definition) is 4. The Kier molecular flexibility index (Phi) is 3.91. The smallest absolute Gasteiger partial charge is 0.238 e. The summed E-state index contributed by atoms with van der Waals surface area (Å²) in [5.41, 5.74) is 1.75. The molecule has 1 heterocycles. The second-order valence-corrected chi connectivity index (χ2v) is 5.15. The molecular formula is C12H16N2O2S. The van der Waals surface area contributed by atoms with Crippen molar-refractivity contribution in [3.05, 3.63) is 29.3 Å². The van der Waals surface area contributed by atoms with E-state index in [0.717, 1.165) is 22.8 Å². The first-order valence-electron chi connectivity index (χ1n) is 5.54. The lowest BCUT2D eigenvalue weighted by molar-refractivity contribution is -0.122. The first-order chi connectivity index (χ1) is 8.16. The molecule has 1 aromatic carbocycles. The lowest BCUT2D eigenvalue weighted by Crippen LogP contribution is -2.41. The molecule has 1 unspecified atom stereocenters. The Balaban J connectivity index is 1.90. The maximum atomic E-state index is 11.7. The molecule has 0 aromatic heterocycles. The summed E-state index contributed by atoms with van der Waals surface area (Å²) in [6.45, 7) is 2.29. The fraction of sp³-hybridized carbons (Fsp3) is 0.417. The second-order valence-electron chi connectivity index (χ2n) is 4.12. The van der Waals surface area contributed by atoms with Gasteiger partial charge < -0.3 is 10.4 Å². The number of rotatable bonds is 3. The lowest BCUT2D eigenvalue weighted by atomic mass is 10.1. The Morgan fingerprint density at radius 3 is 3.12 bits per heavy atom. The van der Waals surface area contributed by atoms with Crippen LogP contribution in [0.2, 0.25) is 0 Å². The van der Waals surface area contributed by atoms with Crippen molar-refractivity contribution < 1.29 is 9.90 Å². The second kappa shape index (κ2) is 5.42. The largest absolute Gasteiger partial charge is 0.508 e. The van der Waals surface area contributed by atoms with Crippen LogP contribution in [0.15, 0.2) is 18.2 Å². The highest BCUT2D eigenvalue weighted by atomic mass is 32.2. The molecule has 17 heavy (non-hydrogen) atoms. The zero-order chi connectivity index (χ0) is 12.3. The number of carbonyl (C=O) groups excluding carboxylic acids is 1. The summed E-state index contributed by atoms with van der Waals surface area (Å²) in [5.74, 6) is 1.87. The maximum absolute atomic E-state index is 11.7. The van der Waals surface area contributed by atoms with Crippen LogP contribution in [0, 0.1) is 6.92 Å². The molecular weight excluding hydrogens is 236 g/mol. The van der Waals surface area contributed by atoms with Crippen molar-refractivity contribution in [1.82, 2.24) is 10.6 Å². The van der Waals surface area contributed by atoms with Gasteiger partial charge in [-0.05, 0) is 18.6 Å². The van der Waals surface area contributed by atoms with E-state index in [1.54, 1.807) is 17.8 Å². The van der Waals surface area contributed by atoms with Gasteiger partial charge in [-0.25, -0.2) is 0 Å². The third kappa shape index (κ3) is 3.14. The van der Waals surface area contributed by atoms with E-state index < -0.39 is 0 Å². The van der Waals surface area contributed by atoms with Crippen molar-refractivity contribution in [2.75, 3.05) is 11.6 Å². The molecule has 5 heteroatoms. The van der Waals surface area contributed by atoms with Gasteiger partial charge in [0.2, 0.25) is 5.91 Å². The summed E-state index contributed by atoms with van der Waals surface area (Å²) in [6.07, 6.45) is 0. The number of aromatic hydroxyl groups is 1. The number of thioether (sulfide) groups is 1. The van der Waals surface area contributed by atoms with Gasteiger partial charge in [-0.15, -0.1) is 11.8 Å². The van der Waals surface area contributed by atoms with Crippen molar-refractivity contribution in [2.45, 2.75) is 19.5 Å². The molecule has 0 aliphatic carbocycles. The molecule has 4 nitrogen and oxygen atoms in total. The van der Waals surface area contributed by atoms with Crippen LogP contribution in [-0.2, 0) is 11.3 Å². The van der Waals surface area contributed by atoms with Gasteiger partial charge in [0.05, 0.1) is 6.04 Å². The van der Waals surface area contributed by atoms with E-state index in [1.807, 2.05) is 19.1 Å². The van der Waals surface area contributed by atoms with E-state index in [-0.39, 0.29) is 17.7 Å². The van der Waals surface area contributed by atoms with Crippen LogP contribution < -0.4 is 10.6 Å². The molecule has 1 aromatic rings. The van der Waals surface area contributed by atoms with Crippen molar-refractivity contribution in [3.63, 3.8) is 0 Å². The standard InChI is InChI=1S/C12H16N2O2S/c1-8-2-3-9(11(15)4-8)5-13-12(16)10-6-17-7-14-10/h2-4,10,14-15H,5-7H2,1H3,(H,13,16). The SMILES string of the molecule is Cc1ccc(CNC(=O)C2CSCN2)c(O)c1. The summed E-state index contributed by atoms with van der Waals surface area (Å²) in [7, 11) is 0. The molecule has 0 spiro atoms. The van der Waals surface area contributed by atoms with Gasteiger partial charge in [-0.1, -0.05) is 12.1 Å². The Morgan fingerprint density at radius 1 is 1.65 bits per heavy atom. The minimum atomic E-state index is -0.104. The van der Waals surface area contributed by atoms with Crippen molar-refractivity contribution in [3.8, 4) is 5.75 Å². The fourth-order valence-corrected chi connectivity index (χ4v) is 2.63. The van der Waals surface area contributed by atoms with E-state index >= 15 is 0 Å². The van der Waals surface area contributed by atoms with Crippen LogP contribution in [0.25, 0.3) is 0 Å². The average Bonchev–Trinajstić information content (AvgIpc) is 2.81. The Bertz CT molecular complexity index is 417. The Morgan fingerprint density at radius 2 is 2.47 bits per heavy atom. The van der Waals surface area contributed by atoms with Gasteiger partial charge in [0.25, 0.3) is 0 Å². The summed E-state index contributed by atoms with van der Waals surface area (Å²) in [4.78, 5) is 11.7. The Hall–Kier alpha value is -1.20. The fourth-order valence-electron chi connectivity index (χ4n) is 1.69. The third-order valence-corrected chi connectivity index (χ3v) is 3.67. The minimum absolute atomic E-state index is 0.00465. The Labute approximate surface area is 105 Å². The quantitative estimate of drug-likeness (QED) is 0.750. The molecule has 1 saturated heterocycles.